The number of carbonyl (C=O) groups is 1. The summed E-state index contributed by atoms with van der Waals surface area (Å²) in [6.07, 6.45) is 3.79. The van der Waals surface area contributed by atoms with Crippen LogP contribution in [0.5, 0.6) is 5.75 Å². The molecular weight excluding hydrogens is 290 g/mol. The van der Waals surface area contributed by atoms with Gasteiger partial charge in [-0.2, -0.15) is 0 Å². The molecule has 1 unspecified atom stereocenters. The molecule has 5 nitrogen and oxygen atoms in total. The average Bonchev–Trinajstić information content (AvgIpc) is 2.46. The molecule has 0 saturated heterocycles. The van der Waals surface area contributed by atoms with Gasteiger partial charge in [-0.3, -0.25) is 9.78 Å². The first-order chi connectivity index (χ1) is 11.0. The lowest BCUT2D eigenvalue weighted by Gasteiger charge is -2.14. The zero-order valence-corrected chi connectivity index (χ0v) is 13.7. The van der Waals surface area contributed by atoms with Crippen molar-refractivity contribution in [2.75, 3.05) is 5.32 Å². The van der Waals surface area contributed by atoms with E-state index in [-0.39, 0.29) is 24.5 Å². The van der Waals surface area contributed by atoms with E-state index < -0.39 is 0 Å². The molecule has 3 N–H and O–H groups in total. The lowest BCUT2D eigenvalue weighted by atomic mass is 10.1. The van der Waals surface area contributed by atoms with E-state index in [9.17, 15) is 4.79 Å². The van der Waals surface area contributed by atoms with E-state index in [0.29, 0.717) is 5.75 Å². The lowest BCUT2D eigenvalue weighted by Crippen LogP contribution is -2.24. The molecule has 2 rings (SSSR count). The van der Waals surface area contributed by atoms with Gasteiger partial charge in [-0.25, -0.2) is 0 Å². The second-order valence-corrected chi connectivity index (χ2v) is 5.85. The summed E-state index contributed by atoms with van der Waals surface area (Å²) in [5.41, 5.74) is 8.20. The van der Waals surface area contributed by atoms with Gasteiger partial charge in [0.15, 0.2) is 0 Å². The van der Waals surface area contributed by atoms with Gasteiger partial charge in [-0.05, 0) is 32.9 Å². The number of hydrogen-bond donors (Lipinski definition) is 2. The minimum atomic E-state index is -0.174. The summed E-state index contributed by atoms with van der Waals surface area (Å²) in [5, 5.41) is 2.91. The number of benzene rings is 1. The lowest BCUT2D eigenvalue weighted by molar-refractivity contribution is -0.116. The monoisotopic (exact) mass is 313 g/mol. The standard InChI is InChI=1S/C18H23N3O2/c1-12(2)23-15-9-14(10-20-11-15)16-6-4-5-7-17(16)21-18(22)8-13(3)19/h4-7,9-13H,8,19H2,1-3H3,(H,21,22). The number of hydrogen-bond acceptors (Lipinski definition) is 4. The first-order valence-electron chi connectivity index (χ1n) is 7.72. The second kappa shape index (κ2) is 7.74. The van der Waals surface area contributed by atoms with Crippen LogP contribution in [0, 0.1) is 0 Å². The maximum absolute atomic E-state index is 12.0. The SMILES string of the molecule is CC(N)CC(=O)Nc1ccccc1-c1cncc(OC(C)C)c1. The number of nitrogens with one attached hydrogen (secondary N) is 1. The molecule has 1 amide bonds. The Kier molecular flexibility index (Phi) is 5.71. The Morgan fingerprint density at radius 3 is 2.70 bits per heavy atom. The highest BCUT2D eigenvalue weighted by Crippen LogP contribution is 2.29. The van der Waals surface area contributed by atoms with Crippen molar-refractivity contribution in [3.05, 3.63) is 42.7 Å². The molecule has 0 aliphatic carbocycles. The number of amides is 1. The number of ether oxygens (including phenoxy) is 1. The van der Waals surface area contributed by atoms with Gasteiger partial charge in [0.1, 0.15) is 5.75 Å². The average molecular weight is 313 g/mol. The van der Waals surface area contributed by atoms with Crippen molar-refractivity contribution in [3.8, 4) is 16.9 Å². The smallest absolute Gasteiger partial charge is 0.225 e. The van der Waals surface area contributed by atoms with Crippen LogP contribution in [0.4, 0.5) is 5.69 Å². The van der Waals surface area contributed by atoms with E-state index in [4.69, 9.17) is 10.5 Å². The van der Waals surface area contributed by atoms with Crippen molar-refractivity contribution >= 4 is 11.6 Å². The second-order valence-electron chi connectivity index (χ2n) is 5.85. The Morgan fingerprint density at radius 2 is 2.00 bits per heavy atom. The van der Waals surface area contributed by atoms with Crippen molar-refractivity contribution in [2.24, 2.45) is 5.73 Å². The minimum Gasteiger partial charge on any atom is -0.489 e. The highest BCUT2D eigenvalue weighted by molar-refractivity contribution is 5.95. The molecule has 0 radical (unpaired) electrons. The van der Waals surface area contributed by atoms with E-state index in [0.717, 1.165) is 16.8 Å². The third-order valence-electron chi connectivity index (χ3n) is 3.10. The first-order valence-corrected chi connectivity index (χ1v) is 7.72. The summed E-state index contributed by atoms with van der Waals surface area (Å²) in [5.74, 6) is 0.601. The Bertz CT molecular complexity index is 669. The van der Waals surface area contributed by atoms with Crippen molar-refractivity contribution in [1.29, 1.82) is 0 Å². The predicted molar refractivity (Wildman–Crippen MR) is 92.3 cm³/mol. The summed E-state index contributed by atoms with van der Waals surface area (Å²) < 4.78 is 5.68. The Balaban J connectivity index is 2.28. The molecule has 0 fully saturated rings. The van der Waals surface area contributed by atoms with Crippen molar-refractivity contribution < 1.29 is 9.53 Å². The van der Waals surface area contributed by atoms with Gasteiger partial charge in [0, 0.05) is 35.5 Å². The molecule has 1 heterocycles. The van der Waals surface area contributed by atoms with Crippen molar-refractivity contribution in [2.45, 2.75) is 39.3 Å². The van der Waals surface area contributed by atoms with Crippen LogP contribution < -0.4 is 15.8 Å². The van der Waals surface area contributed by atoms with Gasteiger partial charge in [-0.15, -0.1) is 0 Å². The Morgan fingerprint density at radius 1 is 1.26 bits per heavy atom. The molecular formula is C18H23N3O2. The maximum atomic E-state index is 12.0. The van der Waals surface area contributed by atoms with Crippen LogP contribution >= 0.6 is 0 Å². The van der Waals surface area contributed by atoms with Gasteiger partial charge in [-0.1, -0.05) is 18.2 Å². The number of para-hydroxylation sites is 1. The van der Waals surface area contributed by atoms with E-state index >= 15 is 0 Å². The van der Waals surface area contributed by atoms with Crippen LogP contribution in [0.3, 0.4) is 0 Å². The minimum absolute atomic E-state index is 0.0769. The summed E-state index contributed by atoms with van der Waals surface area (Å²) in [7, 11) is 0. The maximum Gasteiger partial charge on any atom is 0.225 e. The van der Waals surface area contributed by atoms with Crippen LogP contribution in [-0.4, -0.2) is 23.0 Å². The zero-order chi connectivity index (χ0) is 16.8. The van der Waals surface area contributed by atoms with Crippen LogP contribution in [-0.2, 0) is 4.79 Å². The zero-order valence-electron chi connectivity index (χ0n) is 13.7. The van der Waals surface area contributed by atoms with Crippen LogP contribution in [0.15, 0.2) is 42.7 Å². The first kappa shape index (κ1) is 17.0. The van der Waals surface area contributed by atoms with Crippen molar-refractivity contribution in [3.63, 3.8) is 0 Å². The van der Waals surface area contributed by atoms with Crippen LogP contribution in [0.1, 0.15) is 27.2 Å². The van der Waals surface area contributed by atoms with E-state index in [1.807, 2.05) is 51.1 Å². The Labute approximate surface area is 136 Å². The normalized spacial score (nSPS) is 12.0. The largest absolute Gasteiger partial charge is 0.489 e. The molecule has 1 aromatic carbocycles. The van der Waals surface area contributed by atoms with E-state index in [2.05, 4.69) is 10.3 Å². The highest BCUT2D eigenvalue weighted by Gasteiger charge is 2.11. The van der Waals surface area contributed by atoms with Crippen LogP contribution in [0.2, 0.25) is 0 Å². The van der Waals surface area contributed by atoms with E-state index in [1.54, 1.807) is 12.4 Å². The molecule has 5 heteroatoms. The molecule has 0 saturated carbocycles. The molecule has 0 bridgehead atoms. The number of rotatable bonds is 6. The number of nitrogens with zero attached hydrogens (tertiary/aromatic N) is 1. The van der Waals surface area contributed by atoms with Gasteiger partial charge < -0.3 is 15.8 Å². The number of aromatic nitrogens is 1. The third kappa shape index (κ3) is 5.07. The summed E-state index contributed by atoms with van der Waals surface area (Å²) in [6.45, 7) is 5.74. The number of anilines is 1. The summed E-state index contributed by atoms with van der Waals surface area (Å²) in [6, 6.07) is 9.36. The fourth-order valence-corrected chi connectivity index (χ4v) is 2.24. The number of pyridine rings is 1. The summed E-state index contributed by atoms with van der Waals surface area (Å²) in [4.78, 5) is 16.2. The van der Waals surface area contributed by atoms with Gasteiger partial charge >= 0.3 is 0 Å². The van der Waals surface area contributed by atoms with E-state index in [1.165, 1.54) is 0 Å². The third-order valence-corrected chi connectivity index (χ3v) is 3.10. The molecule has 0 aliphatic rings. The molecule has 2 aromatic rings. The predicted octanol–water partition coefficient (Wildman–Crippen LogP) is 3.21. The van der Waals surface area contributed by atoms with Gasteiger partial charge in [0.2, 0.25) is 5.91 Å². The quantitative estimate of drug-likeness (QED) is 0.858. The fourth-order valence-electron chi connectivity index (χ4n) is 2.24. The molecule has 23 heavy (non-hydrogen) atoms. The number of carbonyl (C=O) groups excluding carboxylic acids is 1. The van der Waals surface area contributed by atoms with Gasteiger partial charge in [0.05, 0.1) is 12.3 Å². The molecule has 0 aliphatic heterocycles. The highest BCUT2D eigenvalue weighted by atomic mass is 16.5. The molecule has 0 spiro atoms. The van der Waals surface area contributed by atoms with Gasteiger partial charge in [0.25, 0.3) is 0 Å². The molecule has 1 aromatic heterocycles. The summed E-state index contributed by atoms with van der Waals surface area (Å²) >= 11 is 0. The Hall–Kier alpha value is -2.40. The topological polar surface area (TPSA) is 77.2 Å². The molecule has 1 atom stereocenters. The molecule has 122 valence electrons. The number of nitrogens with two attached hydrogens (primary N) is 1. The van der Waals surface area contributed by atoms with Crippen molar-refractivity contribution in [1.82, 2.24) is 4.98 Å². The fraction of sp³-hybridized carbons (Fsp3) is 0.333. The van der Waals surface area contributed by atoms with Crippen LogP contribution in [0.25, 0.3) is 11.1 Å².